The number of anilines is 1. The second-order valence-corrected chi connectivity index (χ2v) is 13.0. The van der Waals surface area contributed by atoms with E-state index in [-0.39, 0.29) is 23.8 Å². The van der Waals surface area contributed by atoms with Gasteiger partial charge in [0.2, 0.25) is 5.91 Å². The first-order valence-electron chi connectivity index (χ1n) is 17.1. The molecule has 0 radical (unpaired) electrons. The molecule has 0 aliphatic carbocycles. The van der Waals surface area contributed by atoms with Crippen LogP contribution in [-0.4, -0.2) is 99.0 Å². The number of amides is 3. The van der Waals surface area contributed by atoms with Crippen LogP contribution in [0.25, 0.3) is 0 Å². The molecule has 0 aromatic heterocycles. The molecule has 3 amide bonds. The van der Waals surface area contributed by atoms with Crippen LogP contribution in [0.2, 0.25) is 0 Å². The van der Waals surface area contributed by atoms with Crippen molar-refractivity contribution >= 4 is 23.4 Å². The van der Waals surface area contributed by atoms with Crippen molar-refractivity contribution in [3.05, 3.63) is 89.0 Å². The van der Waals surface area contributed by atoms with Gasteiger partial charge in [-0.05, 0) is 81.6 Å². The fraction of sp³-hybridized carbons (Fsp3) is 0.447. The van der Waals surface area contributed by atoms with E-state index in [4.69, 9.17) is 9.47 Å². The van der Waals surface area contributed by atoms with Gasteiger partial charge in [-0.25, -0.2) is 0 Å². The average Bonchev–Trinajstić information content (AvgIpc) is 3.67. The van der Waals surface area contributed by atoms with Crippen molar-refractivity contribution in [2.24, 2.45) is 0 Å². The second kappa shape index (κ2) is 14.8. The van der Waals surface area contributed by atoms with Crippen molar-refractivity contribution < 1.29 is 23.9 Å². The molecule has 0 spiro atoms. The summed E-state index contributed by atoms with van der Waals surface area (Å²) in [5, 5.41) is 3.08. The van der Waals surface area contributed by atoms with Gasteiger partial charge < -0.3 is 19.7 Å². The summed E-state index contributed by atoms with van der Waals surface area (Å²) >= 11 is 0. The molecule has 3 atom stereocenters. The van der Waals surface area contributed by atoms with Crippen LogP contribution < -0.4 is 19.7 Å². The van der Waals surface area contributed by atoms with Gasteiger partial charge in [-0.15, -0.1) is 0 Å². The quantitative estimate of drug-likeness (QED) is 0.218. The molecule has 3 aliphatic rings. The van der Waals surface area contributed by atoms with Crippen LogP contribution >= 0.6 is 0 Å². The number of likely N-dealkylation sites (N-methyl/N-ethyl adjacent to an activating group) is 1. The topological polar surface area (TPSA) is 94.7 Å². The monoisotopic (exact) mass is 653 g/mol. The van der Waals surface area contributed by atoms with Crippen LogP contribution in [-0.2, 0) is 4.79 Å². The molecule has 3 aliphatic heterocycles. The van der Waals surface area contributed by atoms with Crippen LogP contribution in [0.4, 0.5) is 5.69 Å². The lowest BCUT2D eigenvalue weighted by atomic mass is 9.99. The Morgan fingerprint density at radius 2 is 1.62 bits per heavy atom. The van der Waals surface area contributed by atoms with Crippen molar-refractivity contribution in [1.82, 2.24) is 20.0 Å². The summed E-state index contributed by atoms with van der Waals surface area (Å²) in [6, 6.07) is 21.3. The lowest BCUT2D eigenvalue weighted by molar-refractivity contribution is -0.125. The van der Waals surface area contributed by atoms with Gasteiger partial charge in [0.15, 0.2) is 11.5 Å². The Labute approximate surface area is 283 Å². The number of methoxy groups -OCH3 is 2. The van der Waals surface area contributed by atoms with E-state index < -0.39 is 6.04 Å². The van der Waals surface area contributed by atoms with Crippen molar-refractivity contribution in [3.8, 4) is 11.5 Å². The summed E-state index contributed by atoms with van der Waals surface area (Å²) in [5.41, 5.74) is 3.76. The molecule has 2 saturated heterocycles. The number of carbonyl (C=O) groups is 3. The van der Waals surface area contributed by atoms with Gasteiger partial charge in [0.05, 0.1) is 43.1 Å². The maximum Gasteiger partial charge on any atom is 0.264 e. The van der Waals surface area contributed by atoms with Crippen LogP contribution in [0, 0.1) is 0 Å². The minimum Gasteiger partial charge on any atom is -0.493 e. The Balaban J connectivity index is 1.21. The molecule has 3 aromatic rings. The second-order valence-electron chi connectivity index (χ2n) is 13.0. The largest absolute Gasteiger partial charge is 0.493 e. The molecular weight excluding hydrogens is 606 g/mol. The SMILES string of the molecule is COc1ccc([C@@H](CCCNC(=O)[C@@H]2CCCN2C)N2C(=O)c3cccc(N4CCN([C@H](C)c5ccccc5)CC4)c3C2=O)cc1OC. The molecule has 48 heavy (non-hydrogen) atoms. The molecular formula is C38H47N5O5. The number of nitrogens with one attached hydrogen (secondary N) is 1. The summed E-state index contributed by atoms with van der Waals surface area (Å²) in [6.07, 6.45) is 2.94. The van der Waals surface area contributed by atoms with E-state index in [0.29, 0.717) is 48.1 Å². The fourth-order valence-corrected chi connectivity index (χ4v) is 7.50. The molecule has 3 aromatic carbocycles. The van der Waals surface area contributed by atoms with Gasteiger partial charge in [-0.2, -0.15) is 0 Å². The van der Waals surface area contributed by atoms with E-state index in [1.807, 2.05) is 37.4 Å². The standard InChI is InChI=1S/C38H47N5O5/c1-26(27-11-6-5-7-12-27)41-21-23-42(24-22-41)31-14-8-13-29-35(31)38(46)43(37(29)45)30(28-17-18-33(47-3)34(25-28)48-4)15-9-19-39-36(44)32-16-10-20-40(32)2/h5-8,11-14,17-18,25-26,30,32H,9-10,15-16,19-24H2,1-4H3,(H,39,44)/t26-,30-,32+/m1/s1. The zero-order chi connectivity index (χ0) is 33.8. The lowest BCUT2D eigenvalue weighted by Gasteiger charge is -2.39. The molecule has 0 unspecified atom stereocenters. The van der Waals surface area contributed by atoms with Crippen molar-refractivity contribution in [2.45, 2.75) is 50.7 Å². The zero-order valence-electron chi connectivity index (χ0n) is 28.5. The number of hydrogen-bond acceptors (Lipinski definition) is 8. The van der Waals surface area contributed by atoms with E-state index in [0.717, 1.165) is 56.8 Å². The molecule has 10 heteroatoms. The van der Waals surface area contributed by atoms with Gasteiger partial charge in [0.1, 0.15) is 0 Å². The fourth-order valence-electron chi connectivity index (χ4n) is 7.50. The normalized spacial score (nSPS) is 19.7. The summed E-state index contributed by atoms with van der Waals surface area (Å²) in [6.45, 7) is 6.81. The number of fused-ring (bicyclic) bond motifs is 1. The summed E-state index contributed by atoms with van der Waals surface area (Å²) in [4.78, 5) is 49.6. The minimum atomic E-state index is -0.556. The number of benzene rings is 3. The Kier molecular flexibility index (Phi) is 10.3. The van der Waals surface area contributed by atoms with E-state index in [1.54, 1.807) is 26.4 Å². The van der Waals surface area contributed by atoms with Crippen molar-refractivity contribution in [3.63, 3.8) is 0 Å². The first-order chi connectivity index (χ1) is 23.3. The van der Waals surface area contributed by atoms with E-state index >= 15 is 0 Å². The number of ether oxygens (including phenoxy) is 2. The lowest BCUT2D eigenvalue weighted by Crippen LogP contribution is -2.47. The molecule has 10 nitrogen and oxygen atoms in total. The highest BCUT2D eigenvalue weighted by molar-refractivity contribution is 6.24. The van der Waals surface area contributed by atoms with Gasteiger partial charge >= 0.3 is 0 Å². The van der Waals surface area contributed by atoms with Crippen LogP contribution in [0.5, 0.6) is 11.5 Å². The third-order valence-corrected chi connectivity index (χ3v) is 10.3. The minimum absolute atomic E-state index is 0.0290. The van der Waals surface area contributed by atoms with Crippen molar-refractivity contribution in [2.75, 3.05) is 65.4 Å². The molecule has 254 valence electrons. The highest BCUT2D eigenvalue weighted by Crippen LogP contribution is 2.40. The molecule has 1 N–H and O–H groups in total. The van der Waals surface area contributed by atoms with E-state index in [9.17, 15) is 14.4 Å². The van der Waals surface area contributed by atoms with Gasteiger partial charge in [0.25, 0.3) is 11.8 Å². The molecule has 0 bridgehead atoms. The zero-order valence-corrected chi connectivity index (χ0v) is 28.5. The highest BCUT2D eigenvalue weighted by Gasteiger charge is 2.43. The summed E-state index contributed by atoms with van der Waals surface area (Å²) < 4.78 is 11.1. The van der Waals surface area contributed by atoms with Crippen molar-refractivity contribution in [1.29, 1.82) is 0 Å². The predicted octanol–water partition coefficient (Wildman–Crippen LogP) is 4.91. The molecule has 6 rings (SSSR count). The number of piperazine rings is 1. The number of carbonyl (C=O) groups excluding carboxylic acids is 3. The Morgan fingerprint density at radius 3 is 2.31 bits per heavy atom. The first kappa shape index (κ1) is 33.5. The maximum atomic E-state index is 14.4. The molecule has 2 fully saturated rings. The number of imide groups is 1. The number of rotatable bonds is 12. The Morgan fingerprint density at radius 1 is 0.875 bits per heavy atom. The van der Waals surface area contributed by atoms with E-state index in [2.05, 4.69) is 51.2 Å². The summed E-state index contributed by atoms with van der Waals surface area (Å²) in [7, 11) is 5.13. The maximum absolute atomic E-state index is 14.4. The Hall–Kier alpha value is -4.41. The molecule has 0 saturated carbocycles. The third kappa shape index (κ3) is 6.64. The smallest absolute Gasteiger partial charge is 0.264 e. The first-order valence-corrected chi connectivity index (χ1v) is 17.1. The number of hydrogen-bond donors (Lipinski definition) is 1. The predicted molar refractivity (Wildman–Crippen MR) is 186 cm³/mol. The Bertz CT molecular complexity index is 1620. The number of likely N-dealkylation sites (tertiary alicyclic amines) is 1. The van der Waals surface area contributed by atoms with E-state index in [1.165, 1.54) is 10.5 Å². The van der Waals surface area contributed by atoms with Gasteiger partial charge in [0, 0.05) is 38.8 Å². The average molecular weight is 654 g/mol. The van der Waals surface area contributed by atoms with Crippen LogP contribution in [0.1, 0.15) is 76.5 Å². The van der Waals surface area contributed by atoms with Crippen LogP contribution in [0.3, 0.4) is 0 Å². The molecule has 3 heterocycles. The van der Waals surface area contributed by atoms with Gasteiger partial charge in [-0.1, -0.05) is 42.5 Å². The third-order valence-electron chi connectivity index (χ3n) is 10.3. The number of nitrogens with zero attached hydrogens (tertiary/aromatic N) is 4. The van der Waals surface area contributed by atoms with Gasteiger partial charge in [-0.3, -0.25) is 29.1 Å². The summed E-state index contributed by atoms with van der Waals surface area (Å²) in [5.74, 6) is 0.531. The van der Waals surface area contributed by atoms with Crippen LogP contribution in [0.15, 0.2) is 66.7 Å². The highest BCUT2D eigenvalue weighted by atomic mass is 16.5.